The molecule has 0 bridgehead atoms. The van der Waals surface area contributed by atoms with Crippen LogP contribution in [0.4, 0.5) is 0 Å². The number of fused-ring (bicyclic) bond motifs is 1. The minimum atomic E-state index is -0.398. The largest absolute Gasteiger partial charge is 0.494 e. The molecule has 2 aliphatic heterocycles. The van der Waals surface area contributed by atoms with Gasteiger partial charge in [-0.3, -0.25) is 9.59 Å². The van der Waals surface area contributed by atoms with Crippen LogP contribution in [0.1, 0.15) is 50.6 Å². The van der Waals surface area contributed by atoms with E-state index in [2.05, 4.69) is 4.90 Å². The van der Waals surface area contributed by atoms with Crippen molar-refractivity contribution >= 4 is 11.7 Å². The maximum Gasteiger partial charge on any atom is 0.290 e. The van der Waals surface area contributed by atoms with Gasteiger partial charge in [-0.15, -0.1) is 0 Å². The molecule has 3 aliphatic rings. The van der Waals surface area contributed by atoms with Crippen LogP contribution in [0.5, 0.6) is 5.75 Å². The lowest BCUT2D eigenvalue weighted by Gasteiger charge is -2.35. The normalized spacial score (nSPS) is 26.0. The number of carbonyl (C=O) groups is 2. The predicted molar refractivity (Wildman–Crippen MR) is 114 cm³/mol. The van der Waals surface area contributed by atoms with Crippen molar-refractivity contribution in [1.82, 2.24) is 9.80 Å². The smallest absolute Gasteiger partial charge is 0.290 e. The molecule has 6 nitrogen and oxygen atoms in total. The molecule has 1 aromatic carbocycles. The summed E-state index contributed by atoms with van der Waals surface area (Å²) in [7, 11) is 4.05. The monoisotopic (exact) mass is 412 g/mol. The molecule has 0 radical (unpaired) electrons. The first-order chi connectivity index (χ1) is 14.5. The van der Waals surface area contributed by atoms with Gasteiger partial charge in [-0.1, -0.05) is 18.6 Å². The number of hydrogen-bond acceptors (Lipinski definition) is 5. The first-order valence-electron chi connectivity index (χ1n) is 11.1. The number of hydrogen-bond donors (Lipinski definition) is 0. The summed E-state index contributed by atoms with van der Waals surface area (Å²) in [6.07, 6.45) is 4.49. The Balaban J connectivity index is 1.71. The Morgan fingerprint density at radius 3 is 2.77 bits per heavy atom. The number of nitrogens with zero attached hydrogens (tertiary/aromatic N) is 2. The van der Waals surface area contributed by atoms with Gasteiger partial charge in [-0.05, 0) is 70.9 Å². The summed E-state index contributed by atoms with van der Waals surface area (Å²) in [5.74, 6) is 0.887. The first kappa shape index (κ1) is 20.9. The fourth-order valence-electron chi connectivity index (χ4n) is 4.97. The number of ketones is 1. The second kappa shape index (κ2) is 8.80. The van der Waals surface area contributed by atoms with Crippen LogP contribution in [0.2, 0.25) is 0 Å². The minimum absolute atomic E-state index is 0.108. The third kappa shape index (κ3) is 3.85. The predicted octanol–water partition coefficient (Wildman–Crippen LogP) is 3.33. The highest BCUT2D eigenvalue weighted by atomic mass is 16.5. The van der Waals surface area contributed by atoms with E-state index in [0.29, 0.717) is 24.5 Å². The molecule has 1 amide bonds. The van der Waals surface area contributed by atoms with Crippen molar-refractivity contribution in [1.29, 1.82) is 0 Å². The van der Waals surface area contributed by atoms with Gasteiger partial charge >= 0.3 is 0 Å². The van der Waals surface area contributed by atoms with E-state index in [1.807, 2.05) is 50.2 Å². The average Bonchev–Trinajstić information content (AvgIpc) is 3.01. The molecule has 30 heavy (non-hydrogen) atoms. The minimum Gasteiger partial charge on any atom is -0.494 e. The van der Waals surface area contributed by atoms with Gasteiger partial charge < -0.3 is 19.3 Å². The van der Waals surface area contributed by atoms with Crippen LogP contribution in [0, 0.1) is 5.92 Å². The Morgan fingerprint density at radius 2 is 2.00 bits per heavy atom. The van der Waals surface area contributed by atoms with Gasteiger partial charge in [0.05, 0.1) is 24.1 Å². The number of carbonyl (C=O) groups excluding carboxylic acids is 2. The Hall–Kier alpha value is -2.34. The Labute approximate surface area is 178 Å². The van der Waals surface area contributed by atoms with Crippen molar-refractivity contribution in [2.24, 2.45) is 5.92 Å². The van der Waals surface area contributed by atoms with Crippen LogP contribution in [0.25, 0.3) is 0 Å². The zero-order valence-corrected chi connectivity index (χ0v) is 18.2. The molecule has 2 heterocycles. The summed E-state index contributed by atoms with van der Waals surface area (Å²) in [4.78, 5) is 30.9. The third-order valence-corrected chi connectivity index (χ3v) is 6.35. The second-order valence-electron chi connectivity index (χ2n) is 8.72. The van der Waals surface area contributed by atoms with Crippen molar-refractivity contribution in [2.75, 3.05) is 33.8 Å². The number of benzene rings is 1. The van der Waals surface area contributed by atoms with Crippen LogP contribution < -0.4 is 4.74 Å². The SMILES string of the molecule is CCOc1cccc(C2C3=C(OC4CCCCC4C3=O)C(=O)N2CCCN(C)C)c1. The van der Waals surface area contributed by atoms with Crippen LogP contribution in [-0.4, -0.2) is 61.4 Å². The molecule has 162 valence electrons. The van der Waals surface area contributed by atoms with Gasteiger partial charge in [0.2, 0.25) is 0 Å². The van der Waals surface area contributed by atoms with Crippen LogP contribution in [-0.2, 0) is 14.3 Å². The lowest BCUT2D eigenvalue weighted by Crippen LogP contribution is -2.39. The van der Waals surface area contributed by atoms with Gasteiger partial charge in [-0.2, -0.15) is 0 Å². The van der Waals surface area contributed by atoms with Crippen molar-refractivity contribution in [3.05, 3.63) is 41.2 Å². The van der Waals surface area contributed by atoms with E-state index < -0.39 is 6.04 Å². The molecule has 0 N–H and O–H groups in total. The van der Waals surface area contributed by atoms with Gasteiger partial charge in [-0.25, -0.2) is 0 Å². The highest BCUT2D eigenvalue weighted by Gasteiger charge is 2.51. The van der Waals surface area contributed by atoms with Crippen molar-refractivity contribution < 1.29 is 19.1 Å². The molecule has 0 saturated heterocycles. The number of ether oxygens (including phenoxy) is 2. The molecule has 1 saturated carbocycles. The summed E-state index contributed by atoms with van der Waals surface area (Å²) in [6, 6.07) is 7.38. The fraction of sp³-hybridized carbons (Fsp3) is 0.583. The first-order valence-corrected chi connectivity index (χ1v) is 11.1. The zero-order valence-electron chi connectivity index (χ0n) is 18.2. The van der Waals surface area contributed by atoms with E-state index in [4.69, 9.17) is 9.47 Å². The lowest BCUT2D eigenvalue weighted by molar-refractivity contribution is -0.135. The maximum atomic E-state index is 13.6. The molecule has 0 aromatic heterocycles. The Bertz CT molecular complexity index is 847. The zero-order chi connectivity index (χ0) is 21.3. The van der Waals surface area contributed by atoms with Crippen LogP contribution in [0.3, 0.4) is 0 Å². The summed E-state index contributed by atoms with van der Waals surface area (Å²) >= 11 is 0. The van der Waals surface area contributed by atoms with Crippen LogP contribution >= 0.6 is 0 Å². The summed E-state index contributed by atoms with van der Waals surface area (Å²) in [6.45, 7) is 3.97. The Kier molecular flexibility index (Phi) is 6.14. The number of Topliss-reactive ketones (excluding diaryl/α,β-unsaturated/α-hetero) is 1. The van der Waals surface area contributed by atoms with Gasteiger partial charge in [0.25, 0.3) is 5.91 Å². The molecule has 1 fully saturated rings. The fourth-order valence-corrected chi connectivity index (χ4v) is 4.97. The van der Waals surface area contributed by atoms with Gasteiger partial charge in [0.1, 0.15) is 11.9 Å². The maximum absolute atomic E-state index is 13.6. The van der Waals surface area contributed by atoms with Gasteiger partial charge in [0, 0.05) is 6.54 Å². The van der Waals surface area contributed by atoms with E-state index >= 15 is 0 Å². The number of rotatable bonds is 7. The van der Waals surface area contributed by atoms with Crippen molar-refractivity contribution in [3.8, 4) is 5.75 Å². The highest BCUT2D eigenvalue weighted by molar-refractivity contribution is 6.11. The van der Waals surface area contributed by atoms with Gasteiger partial charge in [0.15, 0.2) is 11.5 Å². The molecule has 4 rings (SSSR count). The van der Waals surface area contributed by atoms with E-state index in [1.54, 1.807) is 0 Å². The van der Waals surface area contributed by atoms with Crippen molar-refractivity contribution in [3.63, 3.8) is 0 Å². The van der Waals surface area contributed by atoms with E-state index in [0.717, 1.165) is 50.0 Å². The molecule has 1 aliphatic carbocycles. The average molecular weight is 413 g/mol. The van der Waals surface area contributed by atoms with Crippen molar-refractivity contribution in [2.45, 2.75) is 51.2 Å². The molecule has 6 heteroatoms. The highest BCUT2D eigenvalue weighted by Crippen LogP contribution is 2.47. The summed E-state index contributed by atoms with van der Waals surface area (Å²) < 4.78 is 11.9. The van der Waals surface area contributed by atoms with E-state index in [-0.39, 0.29) is 23.7 Å². The summed E-state index contributed by atoms with van der Waals surface area (Å²) in [5, 5.41) is 0. The standard InChI is InChI=1S/C24H32N2O4/c1-4-29-17-10-7-9-16(15-17)21-20-22(27)18-11-5-6-12-19(18)30-23(20)24(28)26(21)14-8-13-25(2)3/h7,9-10,15,18-19,21H,4-6,8,11-14H2,1-3H3. The topological polar surface area (TPSA) is 59.1 Å². The molecular weight excluding hydrogens is 380 g/mol. The Morgan fingerprint density at radius 1 is 1.20 bits per heavy atom. The molecular formula is C24H32N2O4. The third-order valence-electron chi connectivity index (χ3n) is 6.35. The number of amides is 1. The van der Waals surface area contributed by atoms with Crippen LogP contribution in [0.15, 0.2) is 35.6 Å². The molecule has 1 aromatic rings. The molecule has 3 atom stereocenters. The lowest BCUT2D eigenvalue weighted by atomic mass is 9.77. The second-order valence-corrected chi connectivity index (χ2v) is 8.72. The summed E-state index contributed by atoms with van der Waals surface area (Å²) in [5.41, 5.74) is 1.47. The van der Waals surface area contributed by atoms with E-state index in [1.165, 1.54) is 0 Å². The quantitative estimate of drug-likeness (QED) is 0.688. The molecule has 3 unspecified atom stereocenters. The molecule has 0 spiro atoms. The van der Waals surface area contributed by atoms with E-state index in [9.17, 15) is 9.59 Å².